The van der Waals surface area contributed by atoms with Gasteiger partial charge in [0.1, 0.15) is 11.9 Å². The maximum Gasteiger partial charge on any atom is 0.329 e. The lowest BCUT2D eigenvalue weighted by Crippen LogP contribution is -2.34. The van der Waals surface area contributed by atoms with Crippen LogP contribution in [0.5, 0.6) is 5.75 Å². The lowest BCUT2D eigenvalue weighted by molar-refractivity contribution is 0.194. The van der Waals surface area contributed by atoms with Crippen molar-refractivity contribution in [1.82, 2.24) is 15.0 Å². The molecule has 122 valence electrons. The molecule has 1 fully saturated rings. The molecular weight excluding hydrogens is 320 g/mol. The lowest BCUT2D eigenvalue weighted by atomic mass is 10.3. The van der Waals surface area contributed by atoms with Crippen molar-refractivity contribution in [2.75, 3.05) is 18.4 Å². The van der Waals surface area contributed by atoms with E-state index < -0.39 is 0 Å². The molecule has 0 bridgehead atoms. The topological polar surface area (TPSA) is 80.5 Å². The highest BCUT2D eigenvalue weighted by molar-refractivity contribution is 6.30. The molecule has 23 heavy (non-hydrogen) atoms. The summed E-state index contributed by atoms with van der Waals surface area (Å²) in [5, 5.41) is 7.00. The number of amides is 2. The summed E-state index contributed by atoms with van der Waals surface area (Å²) in [6.07, 6.45) is 1.37. The molecule has 1 aromatic heterocycles. The Kier molecular flexibility index (Phi) is 4.66. The van der Waals surface area contributed by atoms with Gasteiger partial charge in [-0.1, -0.05) is 23.7 Å². The molecule has 1 N–H and O–H groups in total. The normalized spacial score (nSPS) is 17.3. The monoisotopic (exact) mass is 336 g/mol. The van der Waals surface area contributed by atoms with E-state index in [1.807, 2.05) is 19.1 Å². The Morgan fingerprint density at radius 1 is 1.48 bits per heavy atom. The van der Waals surface area contributed by atoms with Gasteiger partial charge in [0.25, 0.3) is 0 Å². The molecule has 7 nitrogen and oxygen atoms in total. The number of ether oxygens (including phenoxy) is 1. The summed E-state index contributed by atoms with van der Waals surface area (Å²) in [5.74, 6) is 1.30. The minimum atomic E-state index is -0.265. The molecule has 0 radical (unpaired) electrons. The van der Waals surface area contributed by atoms with Crippen molar-refractivity contribution >= 4 is 23.6 Å². The van der Waals surface area contributed by atoms with Crippen LogP contribution >= 0.6 is 11.6 Å². The van der Waals surface area contributed by atoms with Gasteiger partial charge in [-0.05, 0) is 24.3 Å². The molecule has 2 aromatic rings. The molecular formula is C15H17ClN4O3. The minimum Gasteiger partial charge on any atom is -0.489 e. The van der Waals surface area contributed by atoms with Gasteiger partial charge in [0, 0.05) is 24.4 Å². The zero-order valence-corrected chi connectivity index (χ0v) is 13.4. The third-order valence-electron chi connectivity index (χ3n) is 3.55. The summed E-state index contributed by atoms with van der Waals surface area (Å²) in [6.45, 7) is 3.03. The Bertz CT molecular complexity index is 674. The van der Waals surface area contributed by atoms with E-state index in [0.717, 1.165) is 12.2 Å². The Morgan fingerprint density at radius 2 is 2.26 bits per heavy atom. The standard InChI is InChI=1S/C15H17ClN4O3/c1-2-13-17-14(23-19-13)18-15(21)20-8-7-12(9-20)22-11-5-3-10(16)4-6-11/h3-6,12H,2,7-9H2,1H3,(H,17,18,19,21). The van der Waals surface area contributed by atoms with Gasteiger partial charge >= 0.3 is 12.0 Å². The van der Waals surface area contributed by atoms with Gasteiger partial charge in [0.2, 0.25) is 0 Å². The predicted octanol–water partition coefficient (Wildman–Crippen LogP) is 2.97. The van der Waals surface area contributed by atoms with E-state index in [2.05, 4.69) is 15.5 Å². The number of hydrogen-bond donors (Lipinski definition) is 1. The zero-order valence-electron chi connectivity index (χ0n) is 12.7. The van der Waals surface area contributed by atoms with Crippen molar-refractivity contribution in [3.05, 3.63) is 35.1 Å². The second-order valence-electron chi connectivity index (χ2n) is 5.23. The maximum atomic E-state index is 12.2. The van der Waals surface area contributed by atoms with Gasteiger partial charge in [-0.25, -0.2) is 4.79 Å². The second-order valence-corrected chi connectivity index (χ2v) is 5.66. The molecule has 2 heterocycles. The van der Waals surface area contributed by atoms with Crippen LogP contribution in [0, 0.1) is 0 Å². The number of halogens is 1. The molecule has 1 saturated heterocycles. The highest BCUT2D eigenvalue weighted by Crippen LogP contribution is 2.21. The Hall–Kier alpha value is -2.28. The number of anilines is 1. The van der Waals surface area contributed by atoms with Crippen molar-refractivity contribution in [1.29, 1.82) is 0 Å². The first-order valence-electron chi connectivity index (χ1n) is 7.45. The molecule has 1 atom stereocenters. The van der Waals surface area contributed by atoms with Crippen molar-refractivity contribution < 1.29 is 14.1 Å². The number of carbonyl (C=O) groups excluding carboxylic acids is 1. The molecule has 2 amide bonds. The van der Waals surface area contributed by atoms with Crippen LogP contribution in [0.3, 0.4) is 0 Å². The van der Waals surface area contributed by atoms with Crippen LogP contribution in [0.25, 0.3) is 0 Å². The molecule has 8 heteroatoms. The minimum absolute atomic E-state index is 0.0455. The highest BCUT2D eigenvalue weighted by atomic mass is 35.5. The quantitative estimate of drug-likeness (QED) is 0.928. The van der Waals surface area contributed by atoms with Crippen LogP contribution in [0.2, 0.25) is 5.02 Å². The summed E-state index contributed by atoms with van der Waals surface area (Å²) >= 11 is 5.85. The van der Waals surface area contributed by atoms with Crippen LogP contribution in [-0.4, -0.2) is 40.3 Å². The van der Waals surface area contributed by atoms with Crippen LogP contribution < -0.4 is 10.1 Å². The van der Waals surface area contributed by atoms with Gasteiger partial charge in [-0.2, -0.15) is 4.98 Å². The molecule has 1 aliphatic heterocycles. The van der Waals surface area contributed by atoms with Crippen LogP contribution in [-0.2, 0) is 6.42 Å². The summed E-state index contributed by atoms with van der Waals surface area (Å²) in [4.78, 5) is 17.9. The number of hydrogen-bond acceptors (Lipinski definition) is 5. The number of aromatic nitrogens is 2. The number of carbonyl (C=O) groups is 1. The summed E-state index contributed by atoms with van der Waals surface area (Å²) < 4.78 is 10.8. The number of rotatable bonds is 4. The van der Waals surface area contributed by atoms with E-state index >= 15 is 0 Å². The third kappa shape index (κ3) is 3.92. The van der Waals surface area contributed by atoms with Crippen molar-refractivity contribution in [3.8, 4) is 5.75 Å². The second kappa shape index (κ2) is 6.87. The smallest absolute Gasteiger partial charge is 0.329 e. The SMILES string of the molecule is CCc1noc(NC(=O)N2CCC(Oc3ccc(Cl)cc3)C2)n1. The first-order chi connectivity index (χ1) is 11.1. The summed E-state index contributed by atoms with van der Waals surface area (Å²) in [6, 6.07) is 7.03. The number of aryl methyl sites for hydroxylation is 1. The largest absolute Gasteiger partial charge is 0.489 e. The number of benzene rings is 1. The third-order valence-corrected chi connectivity index (χ3v) is 3.80. The average Bonchev–Trinajstić information content (AvgIpc) is 3.19. The fourth-order valence-corrected chi connectivity index (χ4v) is 2.46. The number of nitrogens with one attached hydrogen (secondary N) is 1. The summed E-state index contributed by atoms with van der Waals surface area (Å²) in [5.41, 5.74) is 0. The van der Waals surface area contributed by atoms with Crippen LogP contribution in [0.15, 0.2) is 28.8 Å². The maximum absolute atomic E-state index is 12.2. The first-order valence-corrected chi connectivity index (χ1v) is 7.82. The molecule has 3 rings (SSSR count). The first kappa shape index (κ1) is 15.6. The Morgan fingerprint density at radius 3 is 2.96 bits per heavy atom. The molecule has 1 unspecified atom stereocenters. The fourth-order valence-electron chi connectivity index (χ4n) is 2.33. The predicted molar refractivity (Wildman–Crippen MR) is 84.8 cm³/mol. The Labute approximate surface area is 138 Å². The van der Waals surface area contributed by atoms with Crippen LogP contribution in [0.1, 0.15) is 19.2 Å². The number of nitrogens with zero attached hydrogens (tertiary/aromatic N) is 3. The van der Waals surface area contributed by atoms with E-state index in [-0.39, 0.29) is 18.1 Å². The number of urea groups is 1. The molecule has 0 aliphatic carbocycles. The molecule has 1 aromatic carbocycles. The Balaban J connectivity index is 1.52. The van der Waals surface area contributed by atoms with Gasteiger partial charge in [-0.15, -0.1) is 0 Å². The van der Waals surface area contributed by atoms with E-state index in [1.165, 1.54) is 0 Å². The van der Waals surface area contributed by atoms with Crippen molar-refractivity contribution in [2.45, 2.75) is 25.9 Å². The van der Waals surface area contributed by atoms with Gasteiger partial charge < -0.3 is 14.2 Å². The molecule has 0 spiro atoms. The van der Waals surface area contributed by atoms with Crippen LogP contribution in [0.4, 0.5) is 10.8 Å². The van der Waals surface area contributed by atoms with Crippen molar-refractivity contribution in [3.63, 3.8) is 0 Å². The van der Waals surface area contributed by atoms with Crippen molar-refractivity contribution in [2.24, 2.45) is 0 Å². The van der Waals surface area contributed by atoms with E-state index in [0.29, 0.717) is 30.4 Å². The highest BCUT2D eigenvalue weighted by Gasteiger charge is 2.28. The summed E-state index contributed by atoms with van der Waals surface area (Å²) in [7, 11) is 0. The van der Waals surface area contributed by atoms with E-state index in [9.17, 15) is 4.79 Å². The van der Waals surface area contributed by atoms with E-state index in [4.69, 9.17) is 20.9 Å². The average molecular weight is 337 g/mol. The van der Waals surface area contributed by atoms with Gasteiger partial charge in [0.05, 0.1) is 6.54 Å². The molecule has 1 aliphatic rings. The number of likely N-dealkylation sites (tertiary alicyclic amines) is 1. The van der Waals surface area contributed by atoms with E-state index in [1.54, 1.807) is 17.0 Å². The van der Waals surface area contributed by atoms with Gasteiger partial charge in [-0.3, -0.25) is 5.32 Å². The fraction of sp³-hybridized carbons (Fsp3) is 0.400. The zero-order chi connectivity index (χ0) is 16.2. The van der Waals surface area contributed by atoms with Gasteiger partial charge in [0.15, 0.2) is 5.82 Å². The lowest BCUT2D eigenvalue weighted by Gasteiger charge is -2.16. The molecule has 0 saturated carbocycles.